The van der Waals surface area contributed by atoms with E-state index >= 15 is 0 Å². The average Bonchev–Trinajstić information content (AvgIpc) is 2.63. The Morgan fingerprint density at radius 3 is 2.52 bits per heavy atom. The second-order valence-electron chi connectivity index (χ2n) is 6.83. The average molecular weight is 317 g/mol. The molecule has 1 aliphatic rings. The van der Waals surface area contributed by atoms with Crippen LogP contribution in [-0.4, -0.2) is 34.0 Å². The fourth-order valence-corrected chi connectivity index (χ4v) is 2.93. The first-order chi connectivity index (χ1) is 10.8. The molecule has 0 saturated carbocycles. The Balaban J connectivity index is 2.06. The van der Waals surface area contributed by atoms with E-state index < -0.39 is 17.4 Å². The molecule has 0 aliphatic carbocycles. The van der Waals surface area contributed by atoms with Crippen LogP contribution in [0.3, 0.4) is 0 Å². The third-order valence-corrected chi connectivity index (χ3v) is 4.70. The van der Waals surface area contributed by atoms with E-state index in [1.54, 1.807) is 6.92 Å². The summed E-state index contributed by atoms with van der Waals surface area (Å²) in [6.45, 7) is 7.99. The Kier molecular flexibility index (Phi) is 5.15. The number of rotatable bonds is 6. The van der Waals surface area contributed by atoms with Crippen molar-refractivity contribution in [3.05, 3.63) is 47.5 Å². The van der Waals surface area contributed by atoms with Crippen LogP contribution in [0.5, 0.6) is 0 Å². The van der Waals surface area contributed by atoms with Crippen LogP contribution < -0.4 is 0 Å². The Morgan fingerprint density at radius 2 is 1.91 bits per heavy atom. The van der Waals surface area contributed by atoms with Crippen LogP contribution in [-0.2, 0) is 11.2 Å². The largest absolute Gasteiger partial charge is 0.438 e. The second kappa shape index (κ2) is 6.75. The van der Waals surface area contributed by atoms with Gasteiger partial charge in [-0.15, -0.1) is 0 Å². The normalized spacial score (nSPS) is 27.0. The maximum atomic E-state index is 12.3. The Hall–Kier alpha value is -1.81. The van der Waals surface area contributed by atoms with Gasteiger partial charge in [0.15, 0.2) is 11.3 Å². The van der Waals surface area contributed by atoms with Gasteiger partial charge < -0.3 is 9.84 Å². The molecule has 0 bridgehead atoms. The van der Waals surface area contributed by atoms with Crippen LogP contribution >= 0.6 is 0 Å². The zero-order chi connectivity index (χ0) is 17.1. The molecule has 0 spiro atoms. The molecule has 1 saturated heterocycles. The van der Waals surface area contributed by atoms with Crippen LogP contribution in [0, 0.1) is 0 Å². The van der Waals surface area contributed by atoms with Gasteiger partial charge in [-0.25, -0.2) is 4.79 Å². The van der Waals surface area contributed by atoms with E-state index in [0.29, 0.717) is 19.4 Å². The molecule has 4 heteroatoms. The highest BCUT2D eigenvalue weighted by molar-refractivity contribution is 5.72. The molecule has 1 amide bonds. The Bertz CT molecular complexity index is 576. The first-order valence-corrected chi connectivity index (χ1v) is 8.16. The monoisotopic (exact) mass is 317 g/mol. The van der Waals surface area contributed by atoms with Crippen molar-refractivity contribution in [2.75, 3.05) is 6.54 Å². The molecule has 1 N–H and O–H groups in total. The van der Waals surface area contributed by atoms with Gasteiger partial charge >= 0.3 is 6.09 Å². The third-order valence-electron chi connectivity index (χ3n) is 4.70. The third kappa shape index (κ3) is 3.75. The van der Waals surface area contributed by atoms with Crippen molar-refractivity contribution in [3.63, 3.8) is 0 Å². The van der Waals surface area contributed by atoms with Crippen LogP contribution in [0.25, 0.3) is 0 Å². The minimum absolute atomic E-state index is 0.439. The predicted molar refractivity (Wildman–Crippen MR) is 91.0 cm³/mol. The molecule has 1 fully saturated rings. The van der Waals surface area contributed by atoms with Gasteiger partial charge in [-0.05, 0) is 52.5 Å². The highest BCUT2D eigenvalue weighted by Crippen LogP contribution is 2.40. The van der Waals surface area contributed by atoms with Crippen LogP contribution in [0.15, 0.2) is 42.0 Å². The highest BCUT2D eigenvalue weighted by atomic mass is 16.6. The van der Waals surface area contributed by atoms with Crippen molar-refractivity contribution >= 4 is 6.09 Å². The molecule has 2 atom stereocenters. The first kappa shape index (κ1) is 17.5. The molecule has 0 aromatic heterocycles. The number of nitrogens with zero attached hydrogens (tertiary/aromatic N) is 1. The van der Waals surface area contributed by atoms with Gasteiger partial charge in [0.1, 0.15) is 0 Å². The van der Waals surface area contributed by atoms with Crippen molar-refractivity contribution in [1.29, 1.82) is 0 Å². The van der Waals surface area contributed by atoms with Gasteiger partial charge in [-0.3, -0.25) is 4.90 Å². The quantitative estimate of drug-likeness (QED) is 0.810. The minimum atomic E-state index is -1.31. The summed E-state index contributed by atoms with van der Waals surface area (Å²) in [5.41, 5.74) is 0.147. The number of carbonyl (C=O) groups excluding carboxylic acids is 1. The lowest BCUT2D eigenvalue weighted by Crippen LogP contribution is -2.55. The first-order valence-electron chi connectivity index (χ1n) is 8.16. The standard InChI is InChI=1S/C19H27NO3/c1-15(2)9-8-13-18(3)19(4,22)20(17(21)23-18)14-12-16-10-6-5-7-11-16/h5-7,9-11,22H,8,12-14H2,1-4H3/t18-,19+/m0/s1. The van der Waals surface area contributed by atoms with Crippen molar-refractivity contribution in [1.82, 2.24) is 4.90 Å². The molecule has 0 radical (unpaired) electrons. The molecule has 4 nitrogen and oxygen atoms in total. The number of carbonyl (C=O) groups is 1. The molecule has 1 aromatic rings. The maximum absolute atomic E-state index is 12.3. The van der Waals surface area contributed by atoms with E-state index in [1.165, 1.54) is 10.5 Å². The number of ether oxygens (including phenoxy) is 1. The molecular weight excluding hydrogens is 290 g/mol. The number of benzene rings is 1. The fraction of sp³-hybridized carbons (Fsp3) is 0.526. The van der Waals surface area contributed by atoms with Gasteiger partial charge in [0.05, 0.1) is 0 Å². The Morgan fingerprint density at radius 1 is 1.26 bits per heavy atom. The second-order valence-corrected chi connectivity index (χ2v) is 6.83. The predicted octanol–water partition coefficient (Wildman–Crippen LogP) is 3.89. The van der Waals surface area contributed by atoms with Crippen molar-refractivity contribution in [2.45, 2.75) is 58.3 Å². The van der Waals surface area contributed by atoms with Crippen molar-refractivity contribution in [3.8, 4) is 0 Å². The van der Waals surface area contributed by atoms with Gasteiger partial charge in [0.2, 0.25) is 0 Å². The number of allylic oxidation sites excluding steroid dienone is 2. The molecule has 126 valence electrons. The zero-order valence-electron chi connectivity index (χ0n) is 14.5. The molecule has 1 heterocycles. The summed E-state index contributed by atoms with van der Waals surface area (Å²) >= 11 is 0. The van der Waals surface area contributed by atoms with Crippen LogP contribution in [0.1, 0.15) is 46.1 Å². The van der Waals surface area contributed by atoms with Gasteiger partial charge in [-0.1, -0.05) is 42.0 Å². The van der Waals surface area contributed by atoms with Gasteiger partial charge in [-0.2, -0.15) is 0 Å². The lowest BCUT2D eigenvalue weighted by atomic mass is 9.88. The van der Waals surface area contributed by atoms with E-state index in [-0.39, 0.29) is 0 Å². The number of amides is 1. The van der Waals surface area contributed by atoms with Gasteiger partial charge in [0.25, 0.3) is 0 Å². The number of cyclic esters (lactones) is 1. The lowest BCUT2D eigenvalue weighted by Gasteiger charge is -2.37. The summed E-state index contributed by atoms with van der Waals surface area (Å²) in [5, 5.41) is 10.9. The van der Waals surface area contributed by atoms with E-state index in [0.717, 1.165) is 12.0 Å². The molecule has 0 unspecified atom stereocenters. The smallest absolute Gasteiger partial charge is 0.412 e. The SMILES string of the molecule is CC(C)=CCC[C@]1(C)OC(=O)N(CCc2ccccc2)[C@]1(C)O. The summed E-state index contributed by atoms with van der Waals surface area (Å²) in [7, 11) is 0. The van der Waals surface area contributed by atoms with Crippen molar-refractivity contribution in [2.24, 2.45) is 0 Å². The summed E-state index contributed by atoms with van der Waals surface area (Å²) < 4.78 is 5.55. The summed E-state index contributed by atoms with van der Waals surface area (Å²) in [5.74, 6) is 0. The lowest BCUT2D eigenvalue weighted by molar-refractivity contribution is -0.138. The number of hydrogen-bond donors (Lipinski definition) is 1. The topological polar surface area (TPSA) is 49.8 Å². The zero-order valence-corrected chi connectivity index (χ0v) is 14.5. The molecule has 1 aliphatic heterocycles. The van der Waals surface area contributed by atoms with Crippen LogP contribution in [0.2, 0.25) is 0 Å². The number of aliphatic hydroxyl groups is 1. The van der Waals surface area contributed by atoms with E-state index in [2.05, 4.69) is 6.08 Å². The molecular formula is C19H27NO3. The van der Waals surface area contributed by atoms with E-state index in [9.17, 15) is 9.90 Å². The summed E-state index contributed by atoms with van der Waals surface area (Å²) in [6, 6.07) is 9.94. The molecule has 23 heavy (non-hydrogen) atoms. The molecule has 1 aromatic carbocycles. The summed E-state index contributed by atoms with van der Waals surface area (Å²) in [4.78, 5) is 13.7. The minimum Gasteiger partial charge on any atom is -0.438 e. The molecule has 2 rings (SSSR count). The number of hydrogen-bond acceptors (Lipinski definition) is 3. The van der Waals surface area contributed by atoms with E-state index in [4.69, 9.17) is 4.74 Å². The fourth-order valence-electron chi connectivity index (χ4n) is 2.93. The van der Waals surface area contributed by atoms with Crippen LogP contribution in [0.4, 0.5) is 4.79 Å². The Labute approximate surface area is 138 Å². The highest BCUT2D eigenvalue weighted by Gasteiger charge is 2.58. The summed E-state index contributed by atoms with van der Waals surface area (Å²) in [6.07, 6.45) is 3.72. The maximum Gasteiger partial charge on any atom is 0.412 e. The van der Waals surface area contributed by atoms with Crippen molar-refractivity contribution < 1.29 is 14.6 Å². The van der Waals surface area contributed by atoms with E-state index in [1.807, 2.05) is 51.1 Å². The van der Waals surface area contributed by atoms with Gasteiger partial charge in [0, 0.05) is 6.54 Å².